The monoisotopic (exact) mass is 726 g/mol. The third kappa shape index (κ3) is 10.1. The zero-order chi connectivity index (χ0) is 36.8. The lowest BCUT2D eigenvalue weighted by Crippen LogP contribution is -2.55. The molecule has 1 aromatic heterocycles. The van der Waals surface area contributed by atoms with Gasteiger partial charge in [-0.25, -0.2) is 22.6 Å². The van der Waals surface area contributed by atoms with Crippen molar-refractivity contribution in [3.63, 3.8) is 0 Å². The molecule has 270 valence electrons. The standard InChI is InChI=1S/C30H33F3N6O10S/c1-18(2)46-29(42)47-20(4)49-36-39(43)37-16-23(17-37)48-28(41)14-13-27(40)35-50(44,45)24-11-9-22(10-12-24)38-25(15-26(34-38)30(31,32)33)21-7-5-19(3)6-8-21/h5-12,15,18,20,23H,13-14,16-17H2,1-4H3,(H,35,40)/b39-36-. The minimum Gasteiger partial charge on any atom is -0.569 e. The van der Waals surface area contributed by atoms with Crippen molar-refractivity contribution in [3.05, 3.63) is 71.1 Å². The van der Waals surface area contributed by atoms with E-state index in [1.165, 1.54) is 19.1 Å². The second-order valence-corrected chi connectivity index (χ2v) is 12.9. The molecule has 16 nitrogen and oxygen atoms in total. The second-order valence-electron chi connectivity index (χ2n) is 11.2. The number of sulfonamides is 1. The second kappa shape index (κ2) is 15.4. The van der Waals surface area contributed by atoms with Crippen molar-refractivity contribution in [3.8, 4) is 16.9 Å². The predicted molar refractivity (Wildman–Crippen MR) is 164 cm³/mol. The molecule has 1 aliphatic heterocycles. The smallest absolute Gasteiger partial charge is 0.511 e. The maximum absolute atomic E-state index is 13.5. The van der Waals surface area contributed by atoms with Crippen LogP contribution in [-0.2, 0) is 44.8 Å². The van der Waals surface area contributed by atoms with Crippen LogP contribution in [0.4, 0.5) is 18.0 Å². The first-order chi connectivity index (χ1) is 23.4. The van der Waals surface area contributed by atoms with Crippen LogP contribution in [0.15, 0.2) is 64.8 Å². The van der Waals surface area contributed by atoms with Crippen LogP contribution in [0, 0.1) is 12.1 Å². The van der Waals surface area contributed by atoms with Gasteiger partial charge in [0.05, 0.1) is 33.8 Å². The van der Waals surface area contributed by atoms with Crippen LogP contribution >= 0.6 is 0 Å². The van der Waals surface area contributed by atoms with Crippen molar-refractivity contribution < 1.29 is 60.0 Å². The van der Waals surface area contributed by atoms with E-state index in [2.05, 4.69) is 10.4 Å². The summed E-state index contributed by atoms with van der Waals surface area (Å²) in [6.45, 7) is 6.23. The van der Waals surface area contributed by atoms with Crippen molar-refractivity contribution in [2.24, 2.45) is 5.28 Å². The third-order valence-electron chi connectivity index (χ3n) is 6.77. The zero-order valence-corrected chi connectivity index (χ0v) is 27.9. The number of carbonyl (C=O) groups excluding carboxylic acids is 3. The number of carbonyl (C=O) groups is 3. The van der Waals surface area contributed by atoms with E-state index in [4.69, 9.17) is 19.0 Å². The molecule has 0 radical (unpaired) electrons. The lowest BCUT2D eigenvalue weighted by Gasteiger charge is -2.33. The number of benzene rings is 2. The van der Waals surface area contributed by atoms with E-state index < -0.39 is 71.3 Å². The highest BCUT2D eigenvalue weighted by atomic mass is 32.2. The molecule has 0 bridgehead atoms. The van der Waals surface area contributed by atoms with Gasteiger partial charge < -0.3 is 19.4 Å². The van der Waals surface area contributed by atoms with Gasteiger partial charge in [0.1, 0.15) is 19.2 Å². The molecule has 3 aromatic rings. The SMILES string of the molecule is Cc1ccc(-c2cc(C(F)(F)F)nn2-c2ccc(S(=O)(=O)NC(=O)CCC(=O)OC3CN(/[N+]([O-])=N/OC(C)OC(=O)OC(C)C)C3)cc2)cc1. The van der Waals surface area contributed by atoms with Gasteiger partial charge in [0.25, 0.3) is 16.3 Å². The van der Waals surface area contributed by atoms with Crippen LogP contribution < -0.4 is 4.72 Å². The minimum atomic E-state index is -4.73. The third-order valence-corrected chi connectivity index (χ3v) is 8.16. The van der Waals surface area contributed by atoms with E-state index >= 15 is 0 Å². The van der Waals surface area contributed by atoms with Crippen molar-refractivity contribution in [2.75, 3.05) is 13.1 Å². The molecule has 0 saturated carbocycles. The number of hydrazine groups is 1. The summed E-state index contributed by atoms with van der Waals surface area (Å²) >= 11 is 0. The molecule has 1 fully saturated rings. The number of aryl methyl sites for hydroxylation is 1. The molecule has 2 heterocycles. The van der Waals surface area contributed by atoms with Crippen LogP contribution in [0.5, 0.6) is 0 Å². The number of aromatic nitrogens is 2. The van der Waals surface area contributed by atoms with Crippen LogP contribution in [0.3, 0.4) is 0 Å². The Morgan fingerprint density at radius 2 is 1.68 bits per heavy atom. The number of nitrogens with zero attached hydrogens (tertiary/aromatic N) is 5. The molecule has 1 unspecified atom stereocenters. The van der Waals surface area contributed by atoms with Gasteiger partial charge in [-0.2, -0.15) is 18.3 Å². The largest absolute Gasteiger partial charge is 0.569 e. The molecule has 1 aliphatic rings. The Labute approximate surface area is 283 Å². The number of amides is 1. The quantitative estimate of drug-likeness (QED) is 0.0860. The molecule has 1 saturated heterocycles. The van der Waals surface area contributed by atoms with E-state index in [1.54, 1.807) is 38.1 Å². The average Bonchev–Trinajstić information content (AvgIpc) is 3.47. The molecule has 4 rings (SSSR count). The molecule has 50 heavy (non-hydrogen) atoms. The van der Waals surface area contributed by atoms with Gasteiger partial charge in [-0.15, -0.1) is 5.01 Å². The number of esters is 1. The van der Waals surface area contributed by atoms with Crippen LogP contribution in [0.25, 0.3) is 16.9 Å². The lowest BCUT2D eigenvalue weighted by atomic mass is 10.1. The zero-order valence-electron chi connectivity index (χ0n) is 27.1. The van der Waals surface area contributed by atoms with E-state index in [1.807, 2.05) is 11.6 Å². The number of nitrogens with one attached hydrogen (secondary N) is 1. The fourth-order valence-electron chi connectivity index (χ4n) is 4.30. The molecule has 1 N–H and O–H groups in total. The number of alkyl halides is 3. The topological polar surface area (TPSA) is 194 Å². The van der Waals surface area contributed by atoms with Gasteiger partial charge >= 0.3 is 18.3 Å². The summed E-state index contributed by atoms with van der Waals surface area (Å²) in [7, 11) is -4.41. The van der Waals surface area contributed by atoms with Crippen molar-refractivity contribution in [1.29, 1.82) is 0 Å². The Kier molecular flexibility index (Phi) is 11.6. The molecular formula is C30H33F3N6O10S. The number of rotatable bonds is 13. The van der Waals surface area contributed by atoms with Gasteiger partial charge in [-0.05, 0) is 51.1 Å². The van der Waals surface area contributed by atoms with Crippen LogP contribution in [0.1, 0.15) is 44.9 Å². The van der Waals surface area contributed by atoms with Gasteiger partial charge in [0.2, 0.25) is 11.2 Å². The number of halogens is 3. The predicted octanol–water partition coefficient (Wildman–Crippen LogP) is 4.40. The molecular weight excluding hydrogens is 693 g/mol. The number of hydrogen-bond donors (Lipinski definition) is 1. The molecule has 1 atom stereocenters. The average molecular weight is 727 g/mol. The first kappa shape index (κ1) is 37.4. The molecule has 0 spiro atoms. The summed E-state index contributed by atoms with van der Waals surface area (Å²) in [5, 5.41) is 20.0. The Hall–Kier alpha value is -5.40. The first-order valence-corrected chi connectivity index (χ1v) is 16.5. The van der Waals surface area contributed by atoms with Crippen molar-refractivity contribution in [2.45, 2.75) is 70.1 Å². The van der Waals surface area contributed by atoms with Crippen LogP contribution in [-0.4, -0.2) is 77.8 Å². The van der Waals surface area contributed by atoms with Crippen LogP contribution in [0.2, 0.25) is 0 Å². The first-order valence-electron chi connectivity index (χ1n) is 15.0. The fraction of sp³-hybridized carbons (Fsp3) is 0.400. The summed E-state index contributed by atoms with van der Waals surface area (Å²) in [6.07, 6.45) is -9.13. The maximum Gasteiger partial charge on any atom is 0.511 e. The highest BCUT2D eigenvalue weighted by Crippen LogP contribution is 2.33. The summed E-state index contributed by atoms with van der Waals surface area (Å²) in [6, 6.07) is 12.3. The number of hydrogen-bond acceptors (Lipinski definition) is 12. The highest BCUT2D eigenvalue weighted by molar-refractivity contribution is 7.90. The molecule has 2 aromatic carbocycles. The number of ether oxygens (including phenoxy) is 3. The van der Waals surface area contributed by atoms with Crippen molar-refractivity contribution in [1.82, 2.24) is 19.5 Å². The Bertz CT molecular complexity index is 1820. The molecule has 20 heteroatoms. The van der Waals surface area contributed by atoms with Gasteiger partial charge in [0, 0.05) is 18.9 Å². The fourth-order valence-corrected chi connectivity index (χ4v) is 5.31. The Morgan fingerprint density at radius 3 is 2.28 bits per heavy atom. The molecule has 0 aliphatic carbocycles. The normalized spacial score (nSPS) is 14.5. The van der Waals surface area contributed by atoms with E-state index in [-0.39, 0.29) is 34.3 Å². The highest BCUT2D eigenvalue weighted by Gasteiger charge is 2.37. The summed E-state index contributed by atoms with van der Waals surface area (Å²) < 4.78 is 83.6. The lowest BCUT2D eigenvalue weighted by molar-refractivity contribution is -0.728. The Morgan fingerprint density at radius 1 is 1.04 bits per heavy atom. The molecule has 1 amide bonds. The van der Waals surface area contributed by atoms with E-state index in [0.717, 1.165) is 33.5 Å². The Balaban J connectivity index is 1.26. The van der Waals surface area contributed by atoms with Gasteiger partial charge in [0.15, 0.2) is 5.69 Å². The minimum absolute atomic E-state index is 0.0636. The van der Waals surface area contributed by atoms with Crippen molar-refractivity contribution >= 4 is 28.1 Å². The van der Waals surface area contributed by atoms with E-state index in [0.29, 0.717) is 5.56 Å². The summed E-state index contributed by atoms with van der Waals surface area (Å²) in [5.74, 6) is -1.84. The van der Waals surface area contributed by atoms with Gasteiger partial charge in [-0.3, -0.25) is 14.4 Å². The van der Waals surface area contributed by atoms with Gasteiger partial charge in [-0.1, -0.05) is 29.8 Å². The maximum atomic E-state index is 13.5. The van der Waals surface area contributed by atoms with E-state index in [9.17, 15) is 41.2 Å². The summed E-state index contributed by atoms with van der Waals surface area (Å²) in [4.78, 5) is 40.4. The summed E-state index contributed by atoms with van der Waals surface area (Å²) in [5.41, 5.74) is 0.467.